The zero-order valence-electron chi connectivity index (χ0n) is 10.1. The number of fused-ring (bicyclic) bond motifs is 1. The standard InChI is InChI=1S/C13H11NO6/c14-13(12(19)20)8-4-2-1-3-6(8)5-7(10(15)16)9(13)11(17)18/h1-5,9H,14H2,(H,15,16)(H,17,18)(H,19,20). The van der Waals surface area contributed by atoms with Crippen LogP contribution in [0, 0.1) is 5.92 Å². The number of hydrogen-bond acceptors (Lipinski definition) is 4. The number of rotatable bonds is 3. The molecule has 1 aliphatic carbocycles. The summed E-state index contributed by atoms with van der Waals surface area (Å²) in [5, 5.41) is 27.7. The fourth-order valence-corrected chi connectivity index (χ4v) is 2.40. The Morgan fingerprint density at radius 3 is 2.20 bits per heavy atom. The maximum absolute atomic E-state index is 11.5. The summed E-state index contributed by atoms with van der Waals surface area (Å²) in [6.45, 7) is 0. The predicted octanol–water partition coefficient (Wildman–Crippen LogP) is 0.108. The van der Waals surface area contributed by atoms with Crippen molar-refractivity contribution in [2.75, 3.05) is 0 Å². The Bertz CT molecular complexity index is 650. The maximum Gasteiger partial charge on any atom is 0.332 e. The molecule has 0 amide bonds. The summed E-state index contributed by atoms with van der Waals surface area (Å²) in [6, 6.07) is 5.97. The molecule has 0 bridgehead atoms. The van der Waals surface area contributed by atoms with Crippen molar-refractivity contribution in [3.63, 3.8) is 0 Å². The lowest BCUT2D eigenvalue weighted by Gasteiger charge is -2.36. The smallest absolute Gasteiger partial charge is 0.332 e. The van der Waals surface area contributed by atoms with Gasteiger partial charge in [0.2, 0.25) is 0 Å². The number of carboxylic acid groups (broad SMARTS) is 3. The van der Waals surface area contributed by atoms with Crippen LogP contribution in [0.25, 0.3) is 6.08 Å². The molecule has 1 aromatic rings. The Kier molecular flexibility index (Phi) is 3.07. The highest BCUT2D eigenvalue weighted by molar-refractivity contribution is 6.04. The molecule has 0 saturated carbocycles. The first-order chi connectivity index (χ1) is 9.30. The van der Waals surface area contributed by atoms with Gasteiger partial charge in [0, 0.05) is 0 Å². The van der Waals surface area contributed by atoms with Crippen molar-refractivity contribution < 1.29 is 29.7 Å². The van der Waals surface area contributed by atoms with E-state index in [0.717, 1.165) is 6.08 Å². The van der Waals surface area contributed by atoms with E-state index in [0.29, 0.717) is 0 Å². The van der Waals surface area contributed by atoms with Crippen molar-refractivity contribution in [3.05, 3.63) is 41.0 Å². The van der Waals surface area contributed by atoms with Gasteiger partial charge < -0.3 is 21.1 Å². The first kappa shape index (κ1) is 13.8. The Labute approximate surface area is 112 Å². The molecule has 1 aliphatic rings. The molecule has 0 aromatic heterocycles. The minimum Gasteiger partial charge on any atom is -0.481 e. The van der Waals surface area contributed by atoms with Gasteiger partial charge in [-0.25, -0.2) is 9.59 Å². The van der Waals surface area contributed by atoms with Crippen molar-refractivity contribution in [1.82, 2.24) is 0 Å². The molecule has 1 aromatic carbocycles. The Morgan fingerprint density at radius 2 is 1.70 bits per heavy atom. The zero-order valence-corrected chi connectivity index (χ0v) is 10.1. The van der Waals surface area contributed by atoms with E-state index in [2.05, 4.69) is 0 Å². The van der Waals surface area contributed by atoms with Crippen molar-refractivity contribution >= 4 is 24.0 Å². The van der Waals surface area contributed by atoms with Crippen molar-refractivity contribution in [2.24, 2.45) is 11.7 Å². The van der Waals surface area contributed by atoms with Gasteiger partial charge in [0.1, 0.15) is 5.92 Å². The van der Waals surface area contributed by atoms with Crippen LogP contribution in [0.3, 0.4) is 0 Å². The molecule has 104 valence electrons. The van der Waals surface area contributed by atoms with Crippen LogP contribution in [0.2, 0.25) is 0 Å². The second kappa shape index (κ2) is 4.46. The summed E-state index contributed by atoms with van der Waals surface area (Å²) in [6.07, 6.45) is 1.14. The quantitative estimate of drug-likeness (QED) is 0.615. The molecule has 7 heteroatoms. The third kappa shape index (κ3) is 1.76. The van der Waals surface area contributed by atoms with Gasteiger partial charge in [-0.1, -0.05) is 24.3 Å². The second-order valence-electron chi connectivity index (χ2n) is 4.44. The predicted molar refractivity (Wildman–Crippen MR) is 66.7 cm³/mol. The summed E-state index contributed by atoms with van der Waals surface area (Å²) in [4.78, 5) is 34.1. The molecule has 0 heterocycles. The van der Waals surface area contributed by atoms with Crippen LogP contribution >= 0.6 is 0 Å². The Balaban J connectivity index is 2.83. The minimum absolute atomic E-state index is 0.0740. The van der Waals surface area contributed by atoms with Crippen LogP contribution < -0.4 is 5.73 Å². The fraction of sp³-hybridized carbons (Fsp3) is 0.154. The molecule has 0 spiro atoms. The first-order valence-electron chi connectivity index (χ1n) is 5.59. The van der Waals surface area contributed by atoms with E-state index in [9.17, 15) is 24.6 Å². The van der Waals surface area contributed by atoms with Crippen LogP contribution in [0.4, 0.5) is 0 Å². The Hall–Kier alpha value is -2.67. The van der Waals surface area contributed by atoms with Crippen molar-refractivity contribution in [1.29, 1.82) is 0 Å². The largest absolute Gasteiger partial charge is 0.481 e. The highest BCUT2D eigenvalue weighted by Gasteiger charge is 2.54. The van der Waals surface area contributed by atoms with E-state index in [4.69, 9.17) is 10.8 Å². The first-order valence-corrected chi connectivity index (χ1v) is 5.59. The molecular weight excluding hydrogens is 266 g/mol. The molecule has 0 aliphatic heterocycles. The summed E-state index contributed by atoms with van der Waals surface area (Å²) in [5.74, 6) is -6.57. The number of benzene rings is 1. The SMILES string of the molecule is NC1(C(=O)O)c2ccccc2C=C(C(=O)O)C1C(=O)O. The van der Waals surface area contributed by atoms with Gasteiger partial charge in [0.05, 0.1) is 5.57 Å². The zero-order chi connectivity index (χ0) is 15.1. The van der Waals surface area contributed by atoms with E-state index in [1.165, 1.54) is 18.2 Å². The van der Waals surface area contributed by atoms with E-state index in [1.54, 1.807) is 6.07 Å². The van der Waals surface area contributed by atoms with Gasteiger partial charge in [-0.2, -0.15) is 0 Å². The molecule has 7 nitrogen and oxygen atoms in total. The highest BCUT2D eigenvalue weighted by Crippen LogP contribution is 2.40. The monoisotopic (exact) mass is 277 g/mol. The average molecular weight is 277 g/mol. The summed E-state index contributed by atoms with van der Waals surface area (Å²) in [5.41, 5.74) is 3.28. The van der Waals surface area contributed by atoms with Crippen LogP contribution in [0.1, 0.15) is 11.1 Å². The number of hydrogen-bond donors (Lipinski definition) is 4. The number of aliphatic carboxylic acids is 3. The molecule has 0 saturated heterocycles. The van der Waals surface area contributed by atoms with Gasteiger partial charge in [-0.05, 0) is 17.2 Å². The third-order valence-electron chi connectivity index (χ3n) is 3.33. The van der Waals surface area contributed by atoms with Crippen LogP contribution in [0.5, 0.6) is 0 Å². The summed E-state index contributed by atoms with van der Waals surface area (Å²) < 4.78 is 0. The van der Waals surface area contributed by atoms with Crippen LogP contribution in [0.15, 0.2) is 29.8 Å². The molecule has 2 unspecified atom stereocenters. The topological polar surface area (TPSA) is 138 Å². The molecule has 2 atom stereocenters. The molecule has 0 fully saturated rings. The average Bonchev–Trinajstić information content (AvgIpc) is 2.37. The number of nitrogens with two attached hydrogens (primary N) is 1. The summed E-state index contributed by atoms with van der Waals surface area (Å²) in [7, 11) is 0. The summed E-state index contributed by atoms with van der Waals surface area (Å²) >= 11 is 0. The van der Waals surface area contributed by atoms with E-state index in [1.807, 2.05) is 0 Å². The highest BCUT2D eigenvalue weighted by atomic mass is 16.4. The van der Waals surface area contributed by atoms with E-state index in [-0.39, 0.29) is 11.1 Å². The van der Waals surface area contributed by atoms with Gasteiger partial charge in [-0.3, -0.25) is 4.79 Å². The van der Waals surface area contributed by atoms with Crippen molar-refractivity contribution in [3.8, 4) is 0 Å². The van der Waals surface area contributed by atoms with Gasteiger partial charge >= 0.3 is 17.9 Å². The molecule has 20 heavy (non-hydrogen) atoms. The van der Waals surface area contributed by atoms with Crippen LogP contribution in [-0.4, -0.2) is 33.2 Å². The molecule has 0 radical (unpaired) electrons. The second-order valence-corrected chi connectivity index (χ2v) is 4.44. The number of carbonyl (C=O) groups is 3. The lowest BCUT2D eigenvalue weighted by atomic mass is 9.69. The van der Waals surface area contributed by atoms with Gasteiger partial charge in [0.25, 0.3) is 0 Å². The van der Waals surface area contributed by atoms with Gasteiger partial charge in [-0.15, -0.1) is 0 Å². The van der Waals surface area contributed by atoms with E-state index < -0.39 is 34.9 Å². The lowest BCUT2D eigenvalue weighted by Crippen LogP contribution is -2.56. The van der Waals surface area contributed by atoms with Gasteiger partial charge in [0.15, 0.2) is 5.54 Å². The number of carboxylic acids is 3. The van der Waals surface area contributed by atoms with Crippen LogP contribution in [-0.2, 0) is 19.9 Å². The minimum atomic E-state index is -2.33. The molecule has 5 N–H and O–H groups in total. The normalized spacial score (nSPS) is 24.4. The fourth-order valence-electron chi connectivity index (χ4n) is 2.40. The lowest BCUT2D eigenvalue weighted by molar-refractivity contribution is -0.156. The Morgan fingerprint density at radius 1 is 1.10 bits per heavy atom. The van der Waals surface area contributed by atoms with E-state index >= 15 is 0 Å². The maximum atomic E-state index is 11.5. The van der Waals surface area contributed by atoms with Crippen molar-refractivity contribution in [2.45, 2.75) is 5.54 Å². The molecular formula is C13H11NO6. The molecule has 2 rings (SSSR count). The third-order valence-corrected chi connectivity index (χ3v) is 3.33.